The molecule has 0 aliphatic carbocycles. The lowest BCUT2D eigenvalue weighted by molar-refractivity contribution is 0.0996. The standard InChI is InChI=1S/C17H20N4O3S/c1-11(12-2-3-14-15(8-12)24-10-23-14)20-4-6-21(7-5-20)17-19-13(9-25-17)16(18)22/h2-3,8-9,11H,4-7,10H2,1H3,(H2,18,22)/t11-/m1/s1. The summed E-state index contributed by atoms with van der Waals surface area (Å²) in [5, 5.41) is 2.59. The summed E-state index contributed by atoms with van der Waals surface area (Å²) in [6.45, 7) is 6.12. The molecule has 8 heteroatoms. The molecule has 1 amide bonds. The van der Waals surface area contributed by atoms with Crippen LogP contribution in [0.1, 0.15) is 29.0 Å². The molecule has 25 heavy (non-hydrogen) atoms. The Bertz CT molecular complexity index is 786. The summed E-state index contributed by atoms with van der Waals surface area (Å²) in [6, 6.07) is 6.45. The minimum Gasteiger partial charge on any atom is -0.454 e. The van der Waals surface area contributed by atoms with Gasteiger partial charge in [0.15, 0.2) is 16.6 Å². The molecule has 1 atom stereocenters. The molecule has 7 nitrogen and oxygen atoms in total. The van der Waals surface area contributed by atoms with Gasteiger partial charge in [-0.1, -0.05) is 6.07 Å². The number of carbonyl (C=O) groups excluding carboxylic acids is 1. The highest BCUT2D eigenvalue weighted by Gasteiger charge is 2.25. The molecular weight excluding hydrogens is 340 g/mol. The van der Waals surface area contributed by atoms with E-state index in [9.17, 15) is 4.79 Å². The molecule has 1 aromatic heterocycles. The van der Waals surface area contributed by atoms with E-state index in [4.69, 9.17) is 15.2 Å². The van der Waals surface area contributed by atoms with Crippen molar-refractivity contribution in [3.63, 3.8) is 0 Å². The number of nitrogens with two attached hydrogens (primary N) is 1. The van der Waals surface area contributed by atoms with Gasteiger partial charge in [-0.25, -0.2) is 4.98 Å². The molecule has 0 unspecified atom stereocenters. The first kappa shape index (κ1) is 16.2. The monoisotopic (exact) mass is 360 g/mol. The van der Waals surface area contributed by atoms with Gasteiger partial charge < -0.3 is 20.1 Å². The van der Waals surface area contributed by atoms with Gasteiger partial charge >= 0.3 is 0 Å². The van der Waals surface area contributed by atoms with Crippen LogP contribution in [0, 0.1) is 0 Å². The Kier molecular flexibility index (Phi) is 4.22. The van der Waals surface area contributed by atoms with E-state index in [2.05, 4.69) is 33.8 Å². The fourth-order valence-electron chi connectivity index (χ4n) is 3.21. The number of anilines is 1. The van der Waals surface area contributed by atoms with Gasteiger partial charge in [-0.05, 0) is 24.6 Å². The summed E-state index contributed by atoms with van der Waals surface area (Å²) in [5.41, 5.74) is 6.85. The number of hydrogen-bond donors (Lipinski definition) is 1. The summed E-state index contributed by atoms with van der Waals surface area (Å²) in [4.78, 5) is 20.2. The molecule has 4 rings (SSSR count). The topological polar surface area (TPSA) is 80.9 Å². The molecule has 0 saturated carbocycles. The number of piperazine rings is 1. The third-order valence-electron chi connectivity index (χ3n) is 4.76. The van der Waals surface area contributed by atoms with Gasteiger partial charge in [-0.3, -0.25) is 9.69 Å². The molecule has 1 saturated heterocycles. The van der Waals surface area contributed by atoms with Crippen LogP contribution in [0.4, 0.5) is 5.13 Å². The number of benzene rings is 1. The number of thiazole rings is 1. The smallest absolute Gasteiger partial charge is 0.268 e. The van der Waals surface area contributed by atoms with Gasteiger partial charge in [0.2, 0.25) is 6.79 Å². The lowest BCUT2D eigenvalue weighted by atomic mass is 10.1. The number of rotatable bonds is 4. The molecule has 132 valence electrons. The van der Waals surface area contributed by atoms with E-state index in [0.29, 0.717) is 18.5 Å². The Labute approximate surface area is 150 Å². The Morgan fingerprint density at radius 2 is 2.00 bits per heavy atom. The minimum atomic E-state index is -0.474. The average Bonchev–Trinajstić information content (AvgIpc) is 3.30. The molecule has 1 fully saturated rings. The molecule has 2 aliphatic rings. The molecule has 0 spiro atoms. The normalized spacial score (nSPS) is 18.4. The number of amides is 1. The first-order valence-electron chi connectivity index (χ1n) is 8.25. The lowest BCUT2D eigenvalue weighted by Gasteiger charge is -2.38. The maximum absolute atomic E-state index is 11.2. The van der Waals surface area contributed by atoms with Crippen molar-refractivity contribution in [2.45, 2.75) is 13.0 Å². The van der Waals surface area contributed by atoms with Crippen molar-refractivity contribution in [2.24, 2.45) is 5.73 Å². The van der Waals surface area contributed by atoms with Crippen molar-refractivity contribution in [2.75, 3.05) is 37.9 Å². The second kappa shape index (κ2) is 6.53. The fraction of sp³-hybridized carbons (Fsp3) is 0.412. The van der Waals surface area contributed by atoms with Gasteiger partial charge in [-0.2, -0.15) is 0 Å². The van der Waals surface area contributed by atoms with Crippen LogP contribution in [0.3, 0.4) is 0 Å². The maximum atomic E-state index is 11.2. The molecular formula is C17H20N4O3S. The van der Waals surface area contributed by atoms with Crippen molar-refractivity contribution >= 4 is 22.4 Å². The van der Waals surface area contributed by atoms with Gasteiger partial charge in [0.05, 0.1) is 0 Å². The maximum Gasteiger partial charge on any atom is 0.268 e. The Balaban J connectivity index is 1.40. The molecule has 2 N–H and O–H groups in total. The lowest BCUT2D eigenvalue weighted by Crippen LogP contribution is -2.47. The predicted molar refractivity (Wildman–Crippen MR) is 95.4 cm³/mol. The molecule has 0 bridgehead atoms. The van der Waals surface area contributed by atoms with Crippen molar-refractivity contribution in [1.82, 2.24) is 9.88 Å². The first-order chi connectivity index (χ1) is 12.1. The van der Waals surface area contributed by atoms with Crippen LogP contribution < -0.4 is 20.1 Å². The third kappa shape index (κ3) is 3.14. The zero-order valence-corrected chi connectivity index (χ0v) is 14.8. The second-order valence-electron chi connectivity index (χ2n) is 6.19. The van der Waals surface area contributed by atoms with Crippen molar-refractivity contribution in [3.05, 3.63) is 34.8 Å². The average molecular weight is 360 g/mol. The molecule has 1 aromatic carbocycles. The highest BCUT2D eigenvalue weighted by atomic mass is 32.1. The summed E-state index contributed by atoms with van der Waals surface area (Å²) < 4.78 is 10.9. The minimum absolute atomic E-state index is 0.299. The zero-order valence-electron chi connectivity index (χ0n) is 14.0. The molecule has 3 heterocycles. The number of ether oxygens (including phenoxy) is 2. The van der Waals surface area contributed by atoms with E-state index >= 15 is 0 Å². The van der Waals surface area contributed by atoms with Crippen LogP contribution in [0.5, 0.6) is 11.5 Å². The van der Waals surface area contributed by atoms with E-state index in [0.717, 1.165) is 42.8 Å². The van der Waals surface area contributed by atoms with Gasteiger partial charge in [0.1, 0.15) is 5.69 Å². The summed E-state index contributed by atoms with van der Waals surface area (Å²) in [7, 11) is 0. The molecule has 2 aliphatic heterocycles. The Morgan fingerprint density at radius 3 is 2.72 bits per heavy atom. The highest BCUT2D eigenvalue weighted by Crippen LogP contribution is 2.35. The summed E-state index contributed by atoms with van der Waals surface area (Å²) >= 11 is 1.47. The van der Waals surface area contributed by atoms with E-state index in [1.807, 2.05) is 6.07 Å². The van der Waals surface area contributed by atoms with Crippen LogP contribution in [-0.2, 0) is 0 Å². The summed E-state index contributed by atoms with van der Waals surface area (Å²) in [6.07, 6.45) is 0. The summed E-state index contributed by atoms with van der Waals surface area (Å²) in [5.74, 6) is 1.16. The van der Waals surface area contributed by atoms with Crippen LogP contribution in [0.25, 0.3) is 0 Å². The Morgan fingerprint density at radius 1 is 1.24 bits per heavy atom. The largest absolute Gasteiger partial charge is 0.454 e. The van der Waals surface area contributed by atoms with Crippen molar-refractivity contribution in [3.8, 4) is 11.5 Å². The van der Waals surface area contributed by atoms with Crippen LogP contribution in [0.2, 0.25) is 0 Å². The van der Waals surface area contributed by atoms with E-state index < -0.39 is 5.91 Å². The van der Waals surface area contributed by atoms with Crippen LogP contribution >= 0.6 is 11.3 Å². The zero-order chi connectivity index (χ0) is 17.4. The third-order valence-corrected chi connectivity index (χ3v) is 5.66. The SMILES string of the molecule is C[C@H](c1ccc2c(c1)OCO2)N1CCN(c2nc(C(N)=O)cs2)CC1. The molecule has 2 aromatic rings. The Hall–Kier alpha value is -2.32. The number of primary amides is 1. The van der Waals surface area contributed by atoms with E-state index in [1.165, 1.54) is 16.9 Å². The number of hydrogen-bond acceptors (Lipinski definition) is 7. The highest BCUT2D eigenvalue weighted by molar-refractivity contribution is 7.13. The van der Waals surface area contributed by atoms with E-state index in [1.54, 1.807) is 5.38 Å². The van der Waals surface area contributed by atoms with Crippen molar-refractivity contribution in [1.29, 1.82) is 0 Å². The van der Waals surface area contributed by atoms with Gasteiger partial charge in [0.25, 0.3) is 5.91 Å². The number of carbonyl (C=O) groups is 1. The van der Waals surface area contributed by atoms with Gasteiger partial charge in [-0.15, -0.1) is 11.3 Å². The fourth-order valence-corrected chi connectivity index (χ4v) is 4.08. The predicted octanol–water partition coefficient (Wildman–Crippen LogP) is 1.85. The first-order valence-corrected chi connectivity index (χ1v) is 9.13. The second-order valence-corrected chi connectivity index (χ2v) is 7.03. The number of aromatic nitrogens is 1. The van der Waals surface area contributed by atoms with E-state index in [-0.39, 0.29) is 0 Å². The van der Waals surface area contributed by atoms with Crippen molar-refractivity contribution < 1.29 is 14.3 Å². The number of fused-ring (bicyclic) bond motifs is 1. The molecule has 0 radical (unpaired) electrons. The van der Waals surface area contributed by atoms with Gasteiger partial charge in [0, 0.05) is 37.6 Å². The number of nitrogens with zero attached hydrogens (tertiary/aromatic N) is 3. The van der Waals surface area contributed by atoms with Crippen LogP contribution in [-0.4, -0.2) is 48.8 Å². The quantitative estimate of drug-likeness (QED) is 0.896. The van der Waals surface area contributed by atoms with Crippen LogP contribution in [0.15, 0.2) is 23.6 Å².